The summed E-state index contributed by atoms with van der Waals surface area (Å²) in [5, 5.41) is 14.0. The van der Waals surface area contributed by atoms with E-state index in [4.69, 9.17) is 23.2 Å². The molecule has 4 rings (SSSR count). The first kappa shape index (κ1) is 22.1. The van der Waals surface area contributed by atoms with Crippen LogP contribution in [0.1, 0.15) is 43.2 Å². The lowest BCUT2D eigenvalue weighted by Crippen LogP contribution is -3.10. The van der Waals surface area contributed by atoms with Crippen molar-refractivity contribution in [3.8, 4) is 0 Å². The van der Waals surface area contributed by atoms with E-state index in [1.807, 2.05) is 12.1 Å². The van der Waals surface area contributed by atoms with Crippen molar-refractivity contribution in [3.05, 3.63) is 74.9 Å². The van der Waals surface area contributed by atoms with E-state index >= 15 is 0 Å². The van der Waals surface area contributed by atoms with Gasteiger partial charge in [0, 0.05) is 5.41 Å². The molecule has 2 aliphatic heterocycles. The van der Waals surface area contributed by atoms with Gasteiger partial charge < -0.3 is 15.2 Å². The average Bonchev–Trinajstić information content (AvgIpc) is 2.76. The molecule has 0 amide bonds. The molecule has 0 bridgehead atoms. The maximum atomic E-state index is 12.4. The highest BCUT2D eigenvalue weighted by atomic mass is 35.5. The summed E-state index contributed by atoms with van der Waals surface area (Å²) < 4.78 is 0. The van der Waals surface area contributed by atoms with Gasteiger partial charge in [0.25, 0.3) is 0 Å². The lowest BCUT2D eigenvalue weighted by atomic mass is 9.72. The van der Waals surface area contributed by atoms with Crippen LogP contribution >= 0.6 is 23.2 Å². The normalized spacial score (nSPS) is 26.0. The van der Waals surface area contributed by atoms with Crippen molar-refractivity contribution >= 4 is 23.2 Å². The number of nitrogens with zero attached hydrogens (tertiary/aromatic N) is 1. The molecular weight excluding hydrogens is 415 g/mol. The maximum Gasteiger partial charge on any atom is 0.0866 e. The van der Waals surface area contributed by atoms with Crippen LogP contribution in [0, 0.1) is 11.1 Å². The molecule has 2 unspecified atom stereocenters. The second-order valence-electron chi connectivity index (χ2n) is 9.20. The van der Waals surface area contributed by atoms with Crippen LogP contribution in [0.4, 0.5) is 0 Å². The van der Waals surface area contributed by atoms with Gasteiger partial charge in [-0.2, -0.15) is 0 Å². The summed E-state index contributed by atoms with van der Waals surface area (Å²) in [4.78, 5) is 2.60. The zero-order valence-electron chi connectivity index (χ0n) is 17.6. The van der Waals surface area contributed by atoms with Crippen LogP contribution in [0.2, 0.25) is 10.0 Å². The molecule has 2 aliphatic rings. The number of rotatable bonds is 6. The Morgan fingerprint density at radius 2 is 1.80 bits per heavy atom. The van der Waals surface area contributed by atoms with Gasteiger partial charge in [-0.25, -0.2) is 0 Å². The Morgan fingerprint density at radius 1 is 1.03 bits per heavy atom. The molecule has 0 radical (unpaired) electrons. The summed E-state index contributed by atoms with van der Waals surface area (Å²) in [5.41, 5.74) is 2.55. The van der Waals surface area contributed by atoms with Crippen LogP contribution in [0.25, 0.3) is 0 Å². The van der Waals surface area contributed by atoms with Gasteiger partial charge in [-0.05, 0) is 87.3 Å². The molecule has 2 aromatic rings. The van der Waals surface area contributed by atoms with Gasteiger partial charge in [-0.3, -0.25) is 0 Å². The van der Waals surface area contributed by atoms with E-state index in [0.29, 0.717) is 28.2 Å². The second kappa shape index (κ2) is 10.0. The first-order valence-electron chi connectivity index (χ1n) is 11.3. The Hall–Kier alpha value is -1.10. The molecule has 0 aliphatic carbocycles. The molecule has 2 saturated heterocycles. The third-order valence-corrected chi connectivity index (χ3v) is 7.90. The van der Waals surface area contributed by atoms with Gasteiger partial charge in [0.05, 0.1) is 23.1 Å². The first-order valence-corrected chi connectivity index (χ1v) is 12.0. The molecule has 1 N–H and O–H groups in total. The van der Waals surface area contributed by atoms with Crippen LogP contribution in [0.15, 0.2) is 48.5 Å². The number of hydrogen-bond donors (Lipinski definition) is 1. The number of hydrogen-bond acceptors (Lipinski definition) is 2. The summed E-state index contributed by atoms with van der Waals surface area (Å²) in [5.74, 6) is 0.781. The summed E-state index contributed by atoms with van der Waals surface area (Å²) in [6.45, 7) is 4.71. The molecule has 0 saturated carbocycles. The van der Waals surface area contributed by atoms with Crippen LogP contribution < -0.4 is 5.06 Å². The first-order chi connectivity index (χ1) is 14.5. The fraction of sp³-hybridized carbons (Fsp3) is 0.520. The monoisotopic (exact) mass is 446 g/mol. The molecule has 3 nitrogen and oxygen atoms in total. The van der Waals surface area contributed by atoms with Gasteiger partial charge in [0.2, 0.25) is 0 Å². The summed E-state index contributed by atoms with van der Waals surface area (Å²) >= 11 is 12.5. The van der Waals surface area contributed by atoms with E-state index < -0.39 is 0 Å². The molecule has 2 aromatic carbocycles. The van der Waals surface area contributed by atoms with Crippen molar-refractivity contribution < 1.29 is 5.06 Å². The summed E-state index contributed by atoms with van der Waals surface area (Å²) in [7, 11) is 0. The summed E-state index contributed by atoms with van der Waals surface area (Å²) in [6.07, 6.45) is 6.75. The predicted octanol–water partition coefficient (Wildman–Crippen LogP) is 4.75. The summed E-state index contributed by atoms with van der Waals surface area (Å²) in [6, 6.07) is 16.8. The minimum Gasteiger partial charge on any atom is -0.634 e. The van der Waals surface area contributed by atoms with Gasteiger partial charge in [-0.1, -0.05) is 59.6 Å². The molecule has 2 heterocycles. The van der Waals surface area contributed by atoms with Crippen molar-refractivity contribution in [1.82, 2.24) is 4.90 Å². The van der Waals surface area contributed by atoms with Crippen LogP contribution in [-0.2, 0) is 11.8 Å². The Labute approximate surface area is 190 Å². The standard InChI is InChI=1S/C25H32Cl2N2O/c26-23-8-7-22(18-24(23)27)25(11-4-13-29(30)19-25)12-16-28-14-9-21(10-15-28)17-20-5-2-1-3-6-20/h1-3,5-8,18,21,29H,4,9-17,19H2. The largest absolute Gasteiger partial charge is 0.634 e. The highest BCUT2D eigenvalue weighted by Crippen LogP contribution is 2.37. The minimum atomic E-state index is -0.0928. The van der Waals surface area contributed by atoms with Crippen LogP contribution in [-0.4, -0.2) is 37.6 Å². The fourth-order valence-electron chi connectivity index (χ4n) is 5.34. The minimum absolute atomic E-state index is 0.0928. The fourth-order valence-corrected chi connectivity index (χ4v) is 5.64. The molecule has 5 heteroatoms. The van der Waals surface area contributed by atoms with E-state index in [1.54, 1.807) is 0 Å². The number of quaternary nitrogens is 1. The number of piperidine rings is 2. The predicted molar refractivity (Wildman–Crippen MR) is 125 cm³/mol. The maximum absolute atomic E-state index is 12.4. The number of nitrogens with one attached hydrogen (secondary N) is 1. The average molecular weight is 447 g/mol. The lowest BCUT2D eigenvalue weighted by Gasteiger charge is -2.44. The van der Waals surface area contributed by atoms with E-state index in [0.717, 1.165) is 44.8 Å². The second-order valence-corrected chi connectivity index (χ2v) is 10.0. The van der Waals surface area contributed by atoms with Gasteiger partial charge in [-0.15, -0.1) is 0 Å². The van der Waals surface area contributed by atoms with Crippen LogP contribution in [0.3, 0.4) is 0 Å². The molecule has 0 aromatic heterocycles. The number of benzene rings is 2. The Balaban J connectivity index is 1.37. The van der Waals surface area contributed by atoms with E-state index in [1.165, 1.54) is 30.4 Å². The van der Waals surface area contributed by atoms with Crippen molar-refractivity contribution in [3.63, 3.8) is 0 Å². The lowest BCUT2D eigenvalue weighted by molar-refractivity contribution is -0.859. The van der Waals surface area contributed by atoms with Gasteiger partial charge in [0.15, 0.2) is 0 Å². The highest BCUT2D eigenvalue weighted by Gasteiger charge is 2.38. The van der Waals surface area contributed by atoms with Crippen molar-refractivity contribution in [2.75, 3.05) is 32.7 Å². The quantitative estimate of drug-likeness (QED) is 0.648. The molecule has 30 heavy (non-hydrogen) atoms. The van der Waals surface area contributed by atoms with Gasteiger partial charge in [0.1, 0.15) is 0 Å². The smallest absolute Gasteiger partial charge is 0.0866 e. The zero-order valence-corrected chi connectivity index (χ0v) is 19.1. The van der Waals surface area contributed by atoms with Crippen molar-refractivity contribution in [2.24, 2.45) is 5.92 Å². The third-order valence-electron chi connectivity index (χ3n) is 7.16. The highest BCUT2D eigenvalue weighted by molar-refractivity contribution is 6.42. The van der Waals surface area contributed by atoms with E-state index in [2.05, 4.69) is 41.3 Å². The molecule has 2 fully saturated rings. The SMILES string of the molecule is [O-][NH+]1CCCC(CCN2CCC(Cc3ccccc3)CC2)(c2ccc(Cl)c(Cl)c2)C1. The number of likely N-dealkylation sites (tertiary alicyclic amines) is 1. The molecular formula is C25H32Cl2N2O. The van der Waals surface area contributed by atoms with Gasteiger partial charge >= 0.3 is 0 Å². The Morgan fingerprint density at radius 3 is 2.50 bits per heavy atom. The van der Waals surface area contributed by atoms with E-state index in [-0.39, 0.29) is 5.41 Å². The zero-order chi connectivity index (χ0) is 21.0. The third kappa shape index (κ3) is 5.38. The number of halogens is 2. The van der Waals surface area contributed by atoms with Crippen LogP contribution in [0.5, 0.6) is 0 Å². The molecule has 0 spiro atoms. The topological polar surface area (TPSA) is 30.7 Å². The molecule has 162 valence electrons. The Bertz CT molecular complexity index is 823. The van der Waals surface area contributed by atoms with E-state index in [9.17, 15) is 5.21 Å². The van der Waals surface area contributed by atoms with Crippen molar-refractivity contribution in [1.29, 1.82) is 0 Å². The van der Waals surface area contributed by atoms with Crippen molar-refractivity contribution in [2.45, 2.75) is 43.9 Å². The number of hydroxylamine groups is 2. The molecule has 2 atom stereocenters. The Kier molecular flexibility index (Phi) is 7.38.